The number of hydrogen-bond donors (Lipinski definition) is 6. The molecule has 2 heterocycles. The number of aromatic nitrogens is 2. The zero-order chi connectivity index (χ0) is 24.3. The van der Waals surface area contributed by atoms with Crippen molar-refractivity contribution in [2.24, 2.45) is 5.73 Å². The molecule has 0 saturated carbocycles. The second-order valence-electron chi connectivity index (χ2n) is 6.15. The van der Waals surface area contributed by atoms with Gasteiger partial charge in [0.1, 0.15) is 24.7 Å². The minimum atomic E-state index is -5.74. The van der Waals surface area contributed by atoms with Crippen molar-refractivity contribution in [2.45, 2.75) is 31.1 Å². The number of nitrogens with one attached hydrogen (secondary N) is 1. The van der Waals surface area contributed by atoms with Crippen LogP contribution in [0.4, 0.5) is 0 Å². The predicted molar refractivity (Wildman–Crippen MR) is 103 cm³/mol. The molecule has 0 radical (unpaired) electrons. The monoisotopic (exact) mass is 523 g/mol. The minimum Gasteiger partial charge on any atom is -0.357 e. The van der Waals surface area contributed by atoms with Gasteiger partial charge in [0.25, 0.3) is 5.56 Å². The van der Waals surface area contributed by atoms with Crippen molar-refractivity contribution in [1.82, 2.24) is 9.55 Å². The van der Waals surface area contributed by atoms with E-state index >= 15 is 0 Å². The Morgan fingerprint density at radius 2 is 1.91 bits per heavy atom. The smallest absolute Gasteiger partial charge is 0.357 e. The molecule has 3 unspecified atom stereocenters. The number of phosphoric acid groups is 3. The number of aromatic amines is 1. The number of hydrogen-bond acceptors (Lipinski definition) is 11. The van der Waals surface area contributed by atoms with Crippen LogP contribution in [0.25, 0.3) is 0 Å². The molecule has 1 saturated heterocycles. The van der Waals surface area contributed by atoms with Gasteiger partial charge in [-0.1, -0.05) is 6.58 Å². The van der Waals surface area contributed by atoms with Gasteiger partial charge in [-0.25, -0.2) is 18.5 Å². The first-order valence-corrected chi connectivity index (χ1v) is 12.9. The summed E-state index contributed by atoms with van der Waals surface area (Å²) in [6.45, 7) is 3.02. The van der Waals surface area contributed by atoms with Crippen molar-refractivity contribution >= 4 is 23.5 Å². The zero-order valence-electron chi connectivity index (χ0n) is 15.9. The van der Waals surface area contributed by atoms with Gasteiger partial charge in [0.05, 0.1) is 6.61 Å². The molecule has 32 heavy (non-hydrogen) atoms. The van der Waals surface area contributed by atoms with Crippen LogP contribution in [0.2, 0.25) is 0 Å². The maximum absolute atomic E-state index is 12.2. The fourth-order valence-electron chi connectivity index (χ4n) is 2.53. The molecule has 0 spiro atoms. The van der Waals surface area contributed by atoms with E-state index in [1.54, 1.807) is 0 Å². The van der Waals surface area contributed by atoms with E-state index in [0.717, 1.165) is 16.8 Å². The molecule has 0 aliphatic carbocycles. The summed E-state index contributed by atoms with van der Waals surface area (Å²) in [6, 6.07) is 1.01. The normalized spacial score (nSPS) is 26.2. The third kappa shape index (κ3) is 8.24. The van der Waals surface area contributed by atoms with E-state index in [1.807, 2.05) is 4.98 Å². The first-order valence-electron chi connectivity index (χ1n) is 8.40. The lowest BCUT2D eigenvalue weighted by molar-refractivity contribution is -0.0713. The first kappa shape index (κ1) is 27.0. The Bertz CT molecular complexity index is 1080. The summed E-state index contributed by atoms with van der Waals surface area (Å²) >= 11 is 0. The number of rotatable bonds is 11. The highest BCUT2D eigenvalue weighted by atomic mass is 31.3. The molecule has 20 heteroatoms. The highest BCUT2D eigenvalue weighted by Crippen LogP contribution is 2.67. The number of H-pyrrole nitrogens is 1. The van der Waals surface area contributed by atoms with E-state index in [2.05, 4.69) is 15.2 Å². The van der Waals surface area contributed by atoms with Crippen LogP contribution in [0.3, 0.4) is 0 Å². The molecule has 1 aliphatic heterocycles. The molecule has 17 nitrogen and oxygen atoms in total. The summed E-state index contributed by atoms with van der Waals surface area (Å²) in [5, 5.41) is 0. The van der Waals surface area contributed by atoms with Gasteiger partial charge < -0.3 is 34.8 Å². The predicted octanol–water partition coefficient (Wildman–Crippen LogP) is -0.977. The highest BCUT2D eigenvalue weighted by molar-refractivity contribution is 7.66. The fraction of sp³-hybridized carbons (Fsp3) is 0.500. The Kier molecular flexibility index (Phi) is 8.70. The second-order valence-corrected chi connectivity index (χ2v) is 10.5. The molecular weight excluding hydrogens is 503 g/mol. The van der Waals surface area contributed by atoms with Crippen LogP contribution in [-0.4, -0.2) is 54.2 Å². The average molecular weight is 523 g/mol. The molecule has 0 bridgehead atoms. The van der Waals surface area contributed by atoms with E-state index in [-0.39, 0.29) is 13.0 Å². The van der Waals surface area contributed by atoms with Crippen molar-refractivity contribution in [3.8, 4) is 0 Å². The summed E-state index contributed by atoms with van der Waals surface area (Å²) < 4.78 is 58.2. The first-order chi connectivity index (χ1) is 14.6. The van der Waals surface area contributed by atoms with Crippen molar-refractivity contribution < 1.29 is 55.9 Å². The largest absolute Gasteiger partial charge is 0.490 e. The number of phosphoric ester groups is 1. The zero-order valence-corrected chi connectivity index (χ0v) is 18.6. The van der Waals surface area contributed by atoms with Crippen LogP contribution in [0, 0.1) is 0 Å². The molecule has 182 valence electrons. The lowest BCUT2D eigenvalue weighted by atomic mass is 10.2. The molecular formula is C12H20N3O14P3. The lowest BCUT2D eigenvalue weighted by Crippen LogP contribution is -2.33. The molecule has 1 fully saturated rings. The Labute approximate surface area is 178 Å². The van der Waals surface area contributed by atoms with E-state index in [9.17, 15) is 33.1 Å². The number of nitrogens with zero attached hydrogens (tertiary/aromatic N) is 1. The van der Waals surface area contributed by atoms with Crippen molar-refractivity contribution in [3.05, 3.63) is 45.8 Å². The van der Waals surface area contributed by atoms with Gasteiger partial charge in [-0.3, -0.25) is 18.9 Å². The maximum Gasteiger partial charge on any atom is 0.490 e. The second kappa shape index (κ2) is 10.3. The van der Waals surface area contributed by atoms with Crippen LogP contribution in [0.1, 0.15) is 12.6 Å². The number of ether oxygens (including phenoxy) is 2. The quantitative estimate of drug-likeness (QED) is 0.116. The summed E-state index contributed by atoms with van der Waals surface area (Å²) in [5.74, 6) is 0. The van der Waals surface area contributed by atoms with Gasteiger partial charge >= 0.3 is 29.2 Å². The molecule has 1 aliphatic rings. The minimum absolute atomic E-state index is 0.327. The summed E-state index contributed by atoms with van der Waals surface area (Å²) in [6.07, 6.45) is -2.77. The molecule has 2 rings (SSSR count). The fourth-order valence-corrected chi connectivity index (χ4v) is 5.75. The van der Waals surface area contributed by atoms with E-state index in [1.165, 1.54) is 6.08 Å². The molecule has 6 atom stereocenters. The van der Waals surface area contributed by atoms with Gasteiger partial charge in [0, 0.05) is 18.7 Å². The number of nitrogens with two attached hydrogens (primary N) is 1. The van der Waals surface area contributed by atoms with E-state index < -0.39 is 59.4 Å². The van der Waals surface area contributed by atoms with Crippen molar-refractivity contribution in [3.63, 3.8) is 0 Å². The Morgan fingerprint density at radius 1 is 1.25 bits per heavy atom. The standard InChI is InChI=1S/C12H20N3O14P3/c1-2-9(13)25-6-8-7(5-11(26-8)15-4-3-10(16)14-12(15)17)27-31(21,22)29-32(23,24)28-30(18,19)20/h2-4,7-9,11H,1,5-6,13H2,(H,21,22)(H,23,24)(H,14,16,17)(H2,18,19,20)/t7-,8+,9?,11+/m0/s1. The van der Waals surface area contributed by atoms with Gasteiger partial charge in [-0.05, 0) is 6.08 Å². The van der Waals surface area contributed by atoms with Crippen LogP contribution < -0.4 is 17.0 Å². The van der Waals surface area contributed by atoms with Gasteiger partial charge in [0.2, 0.25) is 0 Å². The molecule has 0 amide bonds. The van der Waals surface area contributed by atoms with Crippen molar-refractivity contribution in [1.29, 1.82) is 0 Å². The van der Waals surface area contributed by atoms with Crippen LogP contribution in [0.15, 0.2) is 34.5 Å². The summed E-state index contributed by atoms with van der Waals surface area (Å²) in [4.78, 5) is 61.4. The van der Waals surface area contributed by atoms with Crippen LogP contribution in [0.5, 0.6) is 0 Å². The molecule has 1 aromatic rings. The molecule has 1 aromatic heterocycles. The third-order valence-corrected chi connectivity index (χ3v) is 7.58. The Morgan fingerprint density at radius 3 is 2.47 bits per heavy atom. The maximum atomic E-state index is 12.2. The van der Waals surface area contributed by atoms with Crippen molar-refractivity contribution in [2.75, 3.05) is 6.61 Å². The van der Waals surface area contributed by atoms with E-state index in [4.69, 9.17) is 29.5 Å². The Balaban J connectivity index is 2.22. The SMILES string of the molecule is C=CC(N)OC[C@H]1O[C@@H](n2ccc(=O)[nH]c2=O)C[C@@H]1OP(=O)(O)OP(=O)(O)OP(=O)(O)O. The summed E-state index contributed by atoms with van der Waals surface area (Å²) in [5.41, 5.74) is 3.97. The molecule has 0 aromatic carbocycles. The van der Waals surface area contributed by atoms with Crippen LogP contribution in [-0.2, 0) is 36.3 Å². The van der Waals surface area contributed by atoms with Gasteiger partial charge in [-0.15, -0.1) is 0 Å². The summed E-state index contributed by atoms with van der Waals surface area (Å²) in [7, 11) is -16.8. The Hall–Kier alpha value is -1.29. The lowest BCUT2D eigenvalue weighted by Gasteiger charge is -2.22. The topological polar surface area (TPSA) is 259 Å². The molecule has 7 N–H and O–H groups in total. The average Bonchev–Trinajstić information content (AvgIpc) is 2.97. The third-order valence-electron chi connectivity index (χ3n) is 3.71. The van der Waals surface area contributed by atoms with E-state index in [0.29, 0.717) is 0 Å². The highest BCUT2D eigenvalue weighted by Gasteiger charge is 2.46. The van der Waals surface area contributed by atoms with Gasteiger partial charge in [-0.2, -0.15) is 8.62 Å². The van der Waals surface area contributed by atoms with Gasteiger partial charge in [0.15, 0.2) is 0 Å². The van der Waals surface area contributed by atoms with Crippen LogP contribution >= 0.6 is 23.5 Å².